The molecule has 1 heterocycles. The Morgan fingerprint density at radius 1 is 1.15 bits per heavy atom. The SMILES string of the molecule is C1=CC(Cc2ccccc2)=COC1. The van der Waals surface area contributed by atoms with Crippen LogP contribution in [0.4, 0.5) is 0 Å². The fraction of sp³-hybridized carbons (Fsp3) is 0.167. The first-order valence-electron chi connectivity index (χ1n) is 4.46. The first-order chi connectivity index (χ1) is 6.45. The van der Waals surface area contributed by atoms with Crippen molar-refractivity contribution in [1.82, 2.24) is 0 Å². The maximum Gasteiger partial charge on any atom is 0.106 e. The summed E-state index contributed by atoms with van der Waals surface area (Å²) in [7, 11) is 0. The topological polar surface area (TPSA) is 9.23 Å². The van der Waals surface area contributed by atoms with Crippen LogP contribution in [0.3, 0.4) is 0 Å². The highest BCUT2D eigenvalue weighted by molar-refractivity contribution is 5.28. The molecule has 0 saturated carbocycles. The molecule has 0 spiro atoms. The zero-order chi connectivity index (χ0) is 8.93. The van der Waals surface area contributed by atoms with Crippen LogP contribution in [0.25, 0.3) is 0 Å². The Morgan fingerprint density at radius 2 is 2.00 bits per heavy atom. The molecule has 0 amide bonds. The van der Waals surface area contributed by atoms with Crippen molar-refractivity contribution in [3.8, 4) is 0 Å². The quantitative estimate of drug-likeness (QED) is 0.666. The molecule has 1 aromatic rings. The van der Waals surface area contributed by atoms with Gasteiger partial charge in [0.2, 0.25) is 0 Å². The summed E-state index contributed by atoms with van der Waals surface area (Å²) >= 11 is 0. The van der Waals surface area contributed by atoms with Gasteiger partial charge in [-0.3, -0.25) is 0 Å². The van der Waals surface area contributed by atoms with Crippen molar-refractivity contribution in [1.29, 1.82) is 0 Å². The van der Waals surface area contributed by atoms with Gasteiger partial charge in [-0.1, -0.05) is 36.4 Å². The minimum absolute atomic E-state index is 0.707. The van der Waals surface area contributed by atoms with E-state index in [-0.39, 0.29) is 0 Å². The highest BCUT2D eigenvalue weighted by Gasteiger charge is 1.98. The Morgan fingerprint density at radius 3 is 2.69 bits per heavy atom. The second kappa shape index (κ2) is 3.94. The summed E-state index contributed by atoms with van der Waals surface area (Å²) in [6.45, 7) is 0.707. The van der Waals surface area contributed by atoms with Crippen LogP contribution >= 0.6 is 0 Å². The molecule has 1 nitrogen and oxygen atoms in total. The monoisotopic (exact) mass is 172 g/mol. The molecule has 0 saturated heterocycles. The van der Waals surface area contributed by atoms with Crippen LogP contribution in [0.2, 0.25) is 0 Å². The standard InChI is InChI=1S/C12H12O/c1-2-5-11(6-3-1)9-12-7-4-8-13-10-12/h1-7,10H,8-9H2. The van der Waals surface area contributed by atoms with E-state index >= 15 is 0 Å². The number of hydrogen-bond donors (Lipinski definition) is 0. The Balaban J connectivity index is 2.06. The van der Waals surface area contributed by atoms with Crippen LogP contribution in [0.5, 0.6) is 0 Å². The average Bonchev–Trinajstić information content (AvgIpc) is 2.21. The van der Waals surface area contributed by atoms with Crippen molar-refractivity contribution >= 4 is 0 Å². The first-order valence-corrected chi connectivity index (χ1v) is 4.46. The predicted octanol–water partition coefficient (Wildman–Crippen LogP) is 2.70. The first kappa shape index (κ1) is 8.11. The lowest BCUT2D eigenvalue weighted by Gasteiger charge is -2.07. The normalized spacial score (nSPS) is 14.9. The van der Waals surface area contributed by atoms with Gasteiger partial charge in [-0.2, -0.15) is 0 Å². The second-order valence-corrected chi connectivity index (χ2v) is 3.09. The van der Waals surface area contributed by atoms with Crippen molar-refractivity contribution in [2.45, 2.75) is 6.42 Å². The van der Waals surface area contributed by atoms with Crippen LogP contribution in [-0.4, -0.2) is 6.61 Å². The summed E-state index contributed by atoms with van der Waals surface area (Å²) in [5.41, 5.74) is 2.56. The highest BCUT2D eigenvalue weighted by atomic mass is 16.5. The molecule has 1 aromatic carbocycles. The van der Waals surface area contributed by atoms with Crippen molar-refractivity contribution in [2.24, 2.45) is 0 Å². The molecule has 0 aromatic heterocycles. The molecule has 1 heteroatoms. The molecule has 0 atom stereocenters. The lowest BCUT2D eigenvalue weighted by molar-refractivity contribution is 0.282. The third kappa shape index (κ3) is 2.22. The predicted molar refractivity (Wildman–Crippen MR) is 53.3 cm³/mol. The van der Waals surface area contributed by atoms with Gasteiger partial charge >= 0.3 is 0 Å². The van der Waals surface area contributed by atoms with E-state index in [4.69, 9.17) is 4.74 Å². The van der Waals surface area contributed by atoms with Gasteiger partial charge in [0.15, 0.2) is 0 Å². The Hall–Kier alpha value is -1.50. The van der Waals surface area contributed by atoms with Crippen molar-refractivity contribution in [3.63, 3.8) is 0 Å². The van der Waals surface area contributed by atoms with E-state index in [1.807, 2.05) is 18.4 Å². The molecular formula is C12H12O. The molecule has 13 heavy (non-hydrogen) atoms. The van der Waals surface area contributed by atoms with Gasteiger partial charge in [0.1, 0.15) is 6.61 Å². The molecule has 0 unspecified atom stereocenters. The highest BCUT2D eigenvalue weighted by Crippen LogP contribution is 2.11. The maximum absolute atomic E-state index is 5.21. The average molecular weight is 172 g/mol. The number of allylic oxidation sites excluding steroid dienone is 2. The smallest absolute Gasteiger partial charge is 0.106 e. The Labute approximate surface area is 78.3 Å². The van der Waals surface area contributed by atoms with E-state index in [2.05, 4.69) is 30.3 Å². The van der Waals surface area contributed by atoms with Crippen molar-refractivity contribution in [3.05, 3.63) is 59.9 Å². The number of hydrogen-bond acceptors (Lipinski definition) is 1. The summed E-state index contributed by atoms with van der Waals surface area (Å²) in [6.07, 6.45) is 6.96. The van der Waals surface area contributed by atoms with Gasteiger partial charge in [0, 0.05) is 6.42 Å². The van der Waals surface area contributed by atoms with Gasteiger partial charge in [-0.05, 0) is 17.2 Å². The Kier molecular flexibility index (Phi) is 2.46. The number of ether oxygens (including phenoxy) is 1. The van der Waals surface area contributed by atoms with E-state index in [0.717, 1.165) is 6.42 Å². The summed E-state index contributed by atoms with van der Waals surface area (Å²) in [6, 6.07) is 10.4. The van der Waals surface area contributed by atoms with Crippen molar-refractivity contribution < 1.29 is 4.74 Å². The van der Waals surface area contributed by atoms with E-state index in [1.54, 1.807) is 0 Å². The number of rotatable bonds is 2. The maximum atomic E-state index is 5.21. The van der Waals surface area contributed by atoms with Gasteiger partial charge in [-0.25, -0.2) is 0 Å². The molecule has 0 aliphatic carbocycles. The summed E-state index contributed by atoms with van der Waals surface area (Å²) in [4.78, 5) is 0. The summed E-state index contributed by atoms with van der Waals surface area (Å²) in [5, 5.41) is 0. The van der Waals surface area contributed by atoms with Crippen LogP contribution in [-0.2, 0) is 11.2 Å². The second-order valence-electron chi connectivity index (χ2n) is 3.09. The van der Waals surface area contributed by atoms with Gasteiger partial charge in [-0.15, -0.1) is 0 Å². The molecule has 1 aliphatic heterocycles. The van der Waals surface area contributed by atoms with Crippen LogP contribution in [0.15, 0.2) is 54.3 Å². The van der Waals surface area contributed by atoms with Gasteiger partial charge < -0.3 is 4.74 Å². The summed E-state index contributed by atoms with van der Waals surface area (Å²) < 4.78 is 5.21. The third-order valence-electron chi connectivity index (χ3n) is 2.01. The van der Waals surface area contributed by atoms with Gasteiger partial charge in [0.25, 0.3) is 0 Å². The van der Waals surface area contributed by atoms with Crippen LogP contribution < -0.4 is 0 Å². The number of benzene rings is 1. The largest absolute Gasteiger partial charge is 0.497 e. The van der Waals surface area contributed by atoms with E-state index < -0.39 is 0 Å². The van der Waals surface area contributed by atoms with Crippen LogP contribution in [0, 0.1) is 0 Å². The third-order valence-corrected chi connectivity index (χ3v) is 2.01. The minimum Gasteiger partial charge on any atom is -0.497 e. The summed E-state index contributed by atoms with van der Waals surface area (Å²) in [5.74, 6) is 0. The van der Waals surface area contributed by atoms with E-state index in [0.29, 0.717) is 6.61 Å². The molecule has 66 valence electrons. The molecular weight excluding hydrogens is 160 g/mol. The van der Waals surface area contributed by atoms with Crippen molar-refractivity contribution in [2.75, 3.05) is 6.61 Å². The van der Waals surface area contributed by atoms with Gasteiger partial charge in [0.05, 0.1) is 6.26 Å². The fourth-order valence-electron chi connectivity index (χ4n) is 1.38. The zero-order valence-corrected chi connectivity index (χ0v) is 7.44. The Bertz CT molecular complexity index is 322. The molecule has 0 radical (unpaired) electrons. The zero-order valence-electron chi connectivity index (χ0n) is 7.44. The molecule has 0 fully saturated rings. The lowest BCUT2D eigenvalue weighted by Crippen LogP contribution is -1.95. The van der Waals surface area contributed by atoms with E-state index in [1.165, 1.54) is 11.1 Å². The molecule has 1 aliphatic rings. The molecule has 2 rings (SSSR count). The van der Waals surface area contributed by atoms with E-state index in [9.17, 15) is 0 Å². The lowest BCUT2D eigenvalue weighted by atomic mass is 10.1. The molecule has 0 N–H and O–H groups in total. The minimum atomic E-state index is 0.707. The van der Waals surface area contributed by atoms with Crippen LogP contribution in [0.1, 0.15) is 5.56 Å². The fourth-order valence-corrected chi connectivity index (χ4v) is 1.38. The molecule has 0 bridgehead atoms.